The second-order valence-electron chi connectivity index (χ2n) is 7.32. The van der Waals surface area contributed by atoms with E-state index in [-0.39, 0.29) is 22.9 Å². The van der Waals surface area contributed by atoms with Gasteiger partial charge in [-0.2, -0.15) is 0 Å². The highest BCUT2D eigenvalue weighted by molar-refractivity contribution is 7.99. The van der Waals surface area contributed by atoms with Gasteiger partial charge >= 0.3 is 0 Å². The van der Waals surface area contributed by atoms with Crippen LogP contribution in [0, 0.1) is 19.7 Å². The van der Waals surface area contributed by atoms with Gasteiger partial charge in [0, 0.05) is 22.2 Å². The van der Waals surface area contributed by atoms with Crippen molar-refractivity contribution in [3.05, 3.63) is 56.4 Å². The molecule has 1 saturated carbocycles. The molecule has 1 aliphatic carbocycles. The van der Waals surface area contributed by atoms with Gasteiger partial charge in [-0.15, -0.1) is 11.3 Å². The van der Waals surface area contributed by atoms with Crippen molar-refractivity contribution in [2.75, 3.05) is 5.75 Å². The van der Waals surface area contributed by atoms with Crippen LogP contribution in [0.4, 0.5) is 4.39 Å². The zero-order valence-corrected chi connectivity index (χ0v) is 17.6. The van der Waals surface area contributed by atoms with Gasteiger partial charge in [0.2, 0.25) is 0 Å². The number of aromatic nitrogens is 2. The van der Waals surface area contributed by atoms with Crippen molar-refractivity contribution in [2.45, 2.75) is 56.8 Å². The minimum Gasteiger partial charge on any atom is -0.387 e. The number of thioether (sulfide) groups is 1. The minimum absolute atomic E-state index is 0.0154. The Bertz CT molecular complexity index is 1070. The second-order valence-corrected chi connectivity index (χ2v) is 9.51. The fourth-order valence-electron chi connectivity index (χ4n) is 3.86. The Balaban J connectivity index is 1.72. The summed E-state index contributed by atoms with van der Waals surface area (Å²) >= 11 is 2.86. The van der Waals surface area contributed by atoms with Crippen LogP contribution in [0.3, 0.4) is 0 Å². The molecule has 148 valence electrons. The Hall–Kier alpha value is -1.70. The van der Waals surface area contributed by atoms with Gasteiger partial charge in [-0.05, 0) is 38.3 Å². The first kappa shape index (κ1) is 19.6. The molecule has 28 heavy (non-hydrogen) atoms. The summed E-state index contributed by atoms with van der Waals surface area (Å²) in [5, 5.41) is 11.8. The van der Waals surface area contributed by atoms with Gasteiger partial charge in [-0.3, -0.25) is 9.36 Å². The van der Waals surface area contributed by atoms with Crippen molar-refractivity contribution >= 4 is 33.3 Å². The van der Waals surface area contributed by atoms with Crippen LogP contribution >= 0.6 is 23.1 Å². The van der Waals surface area contributed by atoms with E-state index < -0.39 is 11.9 Å². The average molecular weight is 419 g/mol. The van der Waals surface area contributed by atoms with Crippen LogP contribution in [-0.2, 0) is 0 Å². The SMILES string of the molecule is Cc1sc2nc(SC[C@@H](O)c3ccccc3F)n(C3CCCC3)c(=O)c2c1C. The lowest BCUT2D eigenvalue weighted by Crippen LogP contribution is -2.26. The predicted octanol–water partition coefficient (Wildman–Crippen LogP) is 5.15. The van der Waals surface area contributed by atoms with E-state index in [0.29, 0.717) is 10.5 Å². The monoisotopic (exact) mass is 418 g/mol. The van der Waals surface area contributed by atoms with E-state index in [1.54, 1.807) is 18.2 Å². The Kier molecular flexibility index (Phi) is 5.58. The van der Waals surface area contributed by atoms with Gasteiger partial charge in [-0.25, -0.2) is 9.37 Å². The molecule has 1 fully saturated rings. The largest absolute Gasteiger partial charge is 0.387 e. The molecule has 7 heteroatoms. The van der Waals surface area contributed by atoms with E-state index in [1.165, 1.54) is 29.2 Å². The number of fused-ring (bicyclic) bond motifs is 1. The number of benzene rings is 1. The number of aliphatic hydroxyl groups is 1. The Morgan fingerprint density at radius 3 is 2.75 bits per heavy atom. The summed E-state index contributed by atoms with van der Waals surface area (Å²) in [6.45, 7) is 3.99. The van der Waals surface area contributed by atoms with Gasteiger partial charge in [0.25, 0.3) is 5.56 Å². The van der Waals surface area contributed by atoms with Gasteiger partial charge in [0.05, 0.1) is 11.5 Å². The highest BCUT2D eigenvalue weighted by atomic mass is 32.2. The molecule has 1 atom stereocenters. The summed E-state index contributed by atoms with van der Waals surface area (Å²) in [5.74, 6) is -0.175. The van der Waals surface area contributed by atoms with Crippen molar-refractivity contribution < 1.29 is 9.50 Å². The molecule has 0 amide bonds. The number of rotatable bonds is 5. The van der Waals surface area contributed by atoms with Crippen molar-refractivity contribution in [1.82, 2.24) is 9.55 Å². The average Bonchev–Trinajstić information content (AvgIpc) is 3.29. The summed E-state index contributed by atoms with van der Waals surface area (Å²) in [4.78, 5) is 20.0. The molecule has 4 nitrogen and oxygen atoms in total. The lowest BCUT2D eigenvalue weighted by Gasteiger charge is -2.19. The van der Waals surface area contributed by atoms with E-state index in [2.05, 4.69) is 0 Å². The minimum atomic E-state index is -0.956. The van der Waals surface area contributed by atoms with Gasteiger partial charge < -0.3 is 5.11 Å². The Labute approximate surface area is 171 Å². The molecule has 0 saturated heterocycles. The van der Waals surface area contributed by atoms with E-state index in [1.807, 2.05) is 18.4 Å². The molecule has 0 unspecified atom stereocenters. The summed E-state index contributed by atoms with van der Waals surface area (Å²) in [6, 6.07) is 6.40. The number of hydrogen-bond donors (Lipinski definition) is 1. The molecule has 2 aromatic heterocycles. The van der Waals surface area contributed by atoms with E-state index >= 15 is 0 Å². The van der Waals surface area contributed by atoms with Crippen LogP contribution < -0.4 is 5.56 Å². The van der Waals surface area contributed by atoms with Crippen LogP contribution in [0.25, 0.3) is 10.2 Å². The van der Waals surface area contributed by atoms with Crippen LogP contribution in [0.1, 0.15) is 53.8 Å². The number of nitrogens with zero attached hydrogens (tertiary/aromatic N) is 2. The van der Waals surface area contributed by atoms with Crippen LogP contribution in [0.5, 0.6) is 0 Å². The number of hydrogen-bond acceptors (Lipinski definition) is 5. The summed E-state index contributed by atoms with van der Waals surface area (Å²) < 4.78 is 15.8. The van der Waals surface area contributed by atoms with E-state index in [0.717, 1.165) is 41.0 Å². The topological polar surface area (TPSA) is 55.1 Å². The van der Waals surface area contributed by atoms with Gasteiger partial charge in [0.1, 0.15) is 10.6 Å². The number of halogens is 1. The highest BCUT2D eigenvalue weighted by Gasteiger charge is 2.25. The first-order valence-electron chi connectivity index (χ1n) is 9.55. The summed E-state index contributed by atoms with van der Waals surface area (Å²) in [7, 11) is 0. The standard InChI is InChI=1S/C21H23FN2O2S2/c1-12-13(2)28-19-18(12)20(26)24(14-7-3-4-8-14)21(23-19)27-11-17(25)15-9-5-6-10-16(15)22/h5-6,9-10,14,17,25H,3-4,7-8,11H2,1-2H3/t17-/m1/s1. The van der Waals surface area contributed by atoms with Crippen molar-refractivity contribution in [3.8, 4) is 0 Å². The second kappa shape index (κ2) is 7.97. The van der Waals surface area contributed by atoms with E-state index in [4.69, 9.17) is 4.98 Å². The van der Waals surface area contributed by atoms with Crippen molar-refractivity contribution in [1.29, 1.82) is 0 Å². The van der Waals surface area contributed by atoms with E-state index in [9.17, 15) is 14.3 Å². The van der Waals surface area contributed by atoms with Crippen LogP contribution in [-0.4, -0.2) is 20.4 Å². The molecule has 3 aromatic rings. The normalized spacial score (nSPS) is 16.1. The van der Waals surface area contributed by atoms with Crippen LogP contribution in [0.15, 0.2) is 34.2 Å². The van der Waals surface area contributed by atoms with Crippen molar-refractivity contribution in [3.63, 3.8) is 0 Å². The van der Waals surface area contributed by atoms with Crippen LogP contribution in [0.2, 0.25) is 0 Å². The zero-order chi connectivity index (χ0) is 19.8. The third-order valence-electron chi connectivity index (χ3n) is 5.53. The molecule has 1 aromatic carbocycles. The lowest BCUT2D eigenvalue weighted by atomic mass is 10.1. The molecular weight excluding hydrogens is 395 g/mol. The number of aliphatic hydroxyl groups excluding tert-OH is 1. The third-order valence-corrected chi connectivity index (χ3v) is 7.66. The molecule has 0 spiro atoms. The fourth-order valence-corrected chi connectivity index (χ4v) is 5.95. The summed E-state index contributed by atoms with van der Waals surface area (Å²) in [6.07, 6.45) is 3.21. The molecule has 0 radical (unpaired) electrons. The highest BCUT2D eigenvalue weighted by Crippen LogP contribution is 2.35. The quantitative estimate of drug-likeness (QED) is 0.460. The maximum absolute atomic E-state index is 14.0. The third kappa shape index (κ3) is 3.51. The molecule has 0 aliphatic heterocycles. The molecule has 4 rings (SSSR count). The molecule has 1 N–H and O–H groups in total. The first-order valence-corrected chi connectivity index (χ1v) is 11.3. The Morgan fingerprint density at radius 2 is 2.04 bits per heavy atom. The number of thiophene rings is 1. The molecule has 2 heterocycles. The Morgan fingerprint density at radius 1 is 1.32 bits per heavy atom. The first-order chi connectivity index (χ1) is 13.5. The molecular formula is C21H23FN2O2S2. The van der Waals surface area contributed by atoms with Gasteiger partial charge in [-0.1, -0.05) is 42.8 Å². The fraction of sp³-hybridized carbons (Fsp3) is 0.429. The molecule has 0 bridgehead atoms. The lowest BCUT2D eigenvalue weighted by molar-refractivity contribution is 0.199. The smallest absolute Gasteiger partial charge is 0.263 e. The molecule has 1 aliphatic rings. The number of aryl methyl sites for hydroxylation is 2. The predicted molar refractivity (Wildman–Crippen MR) is 113 cm³/mol. The zero-order valence-electron chi connectivity index (χ0n) is 15.9. The maximum Gasteiger partial charge on any atom is 0.263 e. The maximum atomic E-state index is 14.0. The van der Waals surface area contributed by atoms with Gasteiger partial charge in [0.15, 0.2) is 5.16 Å². The van der Waals surface area contributed by atoms with Crippen molar-refractivity contribution in [2.24, 2.45) is 0 Å². The summed E-state index contributed by atoms with van der Waals surface area (Å²) in [5.41, 5.74) is 1.29.